The van der Waals surface area contributed by atoms with E-state index < -0.39 is 0 Å². The molecule has 0 rings (SSSR count). The van der Waals surface area contributed by atoms with Crippen molar-refractivity contribution in [1.82, 2.24) is 0 Å². The number of nitrogens with zero attached hydrogens (tertiary/aromatic N) is 4. The topological polar surface area (TPSA) is 90.5 Å². The van der Waals surface area contributed by atoms with Crippen LogP contribution >= 0.6 is 0 Å². The third kappa shape index (κ3) is 38.9. The zero-order valence-corrected chi connectivity index (χ0v) is 21.5. The van der Waals surface area contributed by atoms with Gasteiger partial charge in [-0.15, -0.1) is 0 Å². The molecule has 0 heterocycles. The van der Waals surface area contributed by atoms with Gasteiger partial charge in [0.2, 0.25) is 0 Å². The van der Waals surface area contributed by atoms with E-state index in [4.69, 9.17) is 9.59 Å². The molecule has 2 atom stereocenters. The Bertz CT molecular complexity index is 213. The molecule has 0 aromatic heterocycles. The Morgan fingerprint density at radius 1 is 0.552 bits per heavy atom. The van der Waals surface area contributed by atoms with Crippen molar-refractivity contribution in [1.29, 1.82) is 0 Å². The minimum absolute atomic E-state index is 0. The van der Waals surface area contributed by atoms with Gasteiger partial charge in [-0.05, 0) is 0 Å². The summed E-state index contributed by atoms with van der Waals surface area (Å²) in [6.07, 6.45) is 10.1. The Hall–Kier alpha value is -0.197. The molecule has 0 aliphatic carbocycles. The molecule has 0 bridgehead atoms. The molecule has 174 valence electrons. The van der Waals surface area contributed by atoms with E-state index in [2.05, 4.69) is 76.4 Å². The van der Waals surface area contributed by atoms with Crippen LogP contribution in [-0.2, 0) is 29.1 Å². The number of hydrogen-bond acceptors (Lipinski definition) is 2. The van der Waals surface area contributed by atoms with Crippen LogP contribution < -0.4 is 0 Å². The van der Waals surface area contributed by atoms with Gasteiger partial charge in [0, 0.05) is 0 Å². The fraction of sp³-hybridized carbons (Fsp3) is 0.909. The fourth-order valence-corrected chi connectivity index (χ4v) is 2.23. The summed E-state index contributed by atoms with van der Waals surface area (Å²) in [6.45, 7) is 23.2. The Kier molecular flexibility index (Phi) is 56.9. The van der Waals surface area contributed by atoms with E-state index in [1.807, 2.05) is 0 Å². The van der Waals surface area contributed by atoms with Crippen molar-refractivity contribution < 1.29 is 29.1 Å². The standard InChI is InChI=1S/2C10H22N2.2CHO.Ru/c2*1-4-7-8-10(11-6-3)12-9-5-2;2*1-2;/h2*10H,4-9H2,1-3H3;2*1H;/q2*-2;2*-1;+6. The van der Waals surface area contributed by atoms with Crippen LogP contribution in [0.5, 0.6) is 0 Å². The van der Waals surface area contributed by atoms with Gasteiger partial charge in [0.15, 0.2) is 0 Å². The molecular weight excluding hydrogens is 453 g/mol. The summed E-state index contributed by atoms with van der Waals surface area (Å²) in [5.74, 6) is 0. The van der Waals surface area contributed by atoms with E-state index in [0.29, 0.717) is 0 Å². The predicted octanol–water partition coefficient (Wildman–Crippen LogP) is 6.81. The van der Waals surface area contributed by atoms with Crippen LogP contribution in [0.2, 0.25) is 0 Å². The van der Waals surface area contributed by atoms with Gasteiger partial charge in [0.05, 0.1) is 0 Å². The first-order chi connectivity index (χ1) is 13.7. The molecule has 6 nitrogen and oxygen atoms in total. The molecule has 0 saturated heterocycles. The third-order valence-electron chi connectivity index (χ3n) is 3.55. The van der Waals surface area contributed by atoms with E-state index in [1.54, 1.807) is 0 Å². The van der Waals surface area contributed by atoms with Gasteiger partial charge in [-0.2, -0.15) is 26.2 Å². The zero-order valence-electron chi connectivity index (χ0n) is 19.8. The van der Waals surface area contributed by atoms with Crippen LogP contribution in [0.4, 0.5) is 0 Å². The Morgan fingerprint density at radius 3 is 1.07 bits per heavy atom. The molecule has 0 aromatic rings. The molecule has 0 saturated carbocycles. The number of hydrogen-bond donors (Lipinski definition) is 0. The maximum atomic E-state index is 7.75. The normalized spacial score (nSPS) is 11.2. The molecule has 0 spiro atoms. The van der Waals surface area contributed by atoms with E-state index in [1.165, 1.54) is 25.7 Å². The molecule has 0 fully saturated rings. The SMILES string of the molecule is CCCCC([N-]CC)[N-]CCC.CCCCC([N-]CC)[N-]CCC.[CH-]=O.[CH-]=O.[Ru+6]. The molecule has 2 unspecified atom stereocenters. The molecule has 0 aliphatic rings. The Balaban J connectivity index is -0.000000109. The van der Waals surface area contributed by atoms with E-state index >= 15 is 0 Å². The van der Waals surface area contributed by atoms with Crippen LogP contribution in [-0.4, -0.2) is 52.1 Å². The van der Waals surface area contributed by atoms with Gasteiger partial charge < -0.3 is 30.9 Å². The maximum absolute atomic E-state index is 7.75. The van der Waals surface area contributed by atoms with Gasteiger partial charge in [0.1, 0.15) is 0 Å². The number of unbranched alkanes of at least 4 members (excludes halogenated alkanes) is 2. The summed E-state index contributed by atoms with van der Waals surface area (Å²) >= 11 is 0. The van der Waals surface area contributed by atoms with Crippen LogP contribution in [0.1, 0.15) is 92.9 Å². The van der Waals surface area contributed by atoms with Crippen molar-refractivity contribution >= 4 is 13.6 Å². The molecule has 0 N–H and O–H groups in total. The molecule has 0 aliphatic heterocycles. The zero-order chi connectivity index (χ0) is 22.5. The summed E-state index contributed by atoms with van der Waals surface area (Å²) in [5.41, 5.74) is 0. The van der Waals surface area contributed by atoms with Crippen molar-refractivity contribution in [2.24, 2.45) is 0 Å². The monoisotopic (exact) mass is 500 g/mol. The second-order valence-corrected chi connectivity index (χ2v) is 6.06. The van der Waals surface area contributed by atoms with Crippen molar-refractivity contribution in [2.75, 3.05) is 26.2 Å². The van der Waals surface area contributed by atoms with Crippen molar-refractivity contribution in [3.63, 3.8) is 0 Å². The van der Waals surface area contributed by atoms with Crippen molar-refractivity contribution in [3.8, 4) is 0 Å². The molecule has 0 amide bonds. The molecule has 0 radical (unpaired) electrons. The van der Waals surface area contributed by atoms with E-state index in [9.17, 15) is 0 Å². The second kappa shape index (κ2) is 42.0. The van der Waals surface area contributed by atoms with E-state index in [-0.39, 0.29) is 31.8 Å². The largest absolute Gasteiger partial charge is 6.00 e. The minimum atomic E-state index is 0. The molecule has 0 aromatic carbocycles. The van der Waals surface area contributed by atoms with E-state index in [0.717, 1.165) is 51.9 Å². The average Bonchev–Trinajstić information content (AvgIpc) is 2.75. The first kappa shape index (κ1) is 39.3. The van der Waals surface area contributed by atoms with Gasteiger partial charge in [-0.3, -0.25) is 13.6 Å². The number of rotatable bonds is 16. The first-order valence-corrected chi connectivity index (χ1v) is 10.8. The second-order valence-electron chi connectivity index (χ2n) is 6.06. The minimum Gasteiger partial charge on any atom is -0.678 e. The maximum Gasteiger partial charge on any atom is 6.00 e. The van der Waals surface area contributed by atoms with Crippen LogP contribution in [0.15, 0.2) is 0 Å². The fourth-order valence-electron chi connectivity index (χ4n) is 2.23. The summed E-state index contributed by atoms with van der Waals surface area (Å²) in [4.78, 5) is 15.5. The number of carbonyl (C=O) groups excluding carboxylic acids is 2. The van der Waals surface area contributed by atoms with Gasteiger partial charge in [0.25, 0.3) is 0 Å². The van der Waals surface area contributed by atoms with Crippen LogP contribution in [0, 0.1) is 0 Å². The molecular formula is C22H46N4O2Ru. The van der Waals surface area contributed by atoms with Crippen LogP contribution in [0.25, 0.3) is 21.3 Å². The van der Waals surface area contributed by atoms with Gasteiger partial charge >= 0.3 is 19.5 Å². The summed E-state index contributed by atoms with van der Waals surface area (Å²) in [5, 5.41) is 17.9. The Labute approximate surface area is 195 Å². The predicted molar refractivity (Wildman–Crippen MR) is 125 cm³/mol. The quantitative estimate of drug-likeness (QED) is 0.133. The summed E-state index contributed by atoms with van der Waals surface area (Å²) in [6, 6.07) is 0. The smallest absolute Gasteiger partial charge is 0.678 e. The molecule has 29 heavy (non-hydrogen) atoms. The van der Waals surface area contributed by atoms with Gasteiger partial charge in [-0.25, -0.2) is 12.3 Å². The van der Waals surface area contributed by atoms with Crippen molar-refractivity contribution in [3.05, 3.63) is 21.3 Å². The van der Waals surface area contributed by atoms with Crippen LogP contribution in [0.3, 0.4) is 0 Å². The molecule has 7 heteroatoms. The summed E-state index contributed by atoms with van der Waals surface area (Å²) < 4.78 is 0. The first-order valence-electron chi connectivity index (χ1n) is 10.8. The van der Waals surface area contributed by atoms with Gasteiger partial charge in [-0.1, -0.05) is 92.9 Å². The van der Waals surface area contributed by atoms with Crippen molar-refractivity contribution in [2.45, 2.75) is 105 Å². The Morgan fingerprint density at radius 2 is 0.862 bits per heavy atom. The third-order valence-corrected chi connectivity index (χ3v) is 3.55. The average molecular weight is 500 g/mol. The summed E-state index contributed by atoms with van der Waals surface area (Å²) in [7, 11) is 0.